The summed E-state index contributed by atoms with van der Waals surface area (Å²) in [4.78, 5) is 20.0. The number of aromatic amines is 1. The summed E-state index contributed by atoms with van der Waals surface area (Å²) in [6.07, 6.45) is 6.13. The van der Waals surface area contributed by atoms with Crippen molar-refractivity contribution in [2.45, 2.75) is 83.5 Å². The molecule has 2 fully saturated rings. The second-order valence-corrected chi connectivity index (χ2v) is 11.7. The molecule has 1 saturated heterocycles. The fraction of sp³-hybridized carbons (Fsp3) is 0.484. The maximum Gasteiger partial charge on any atom is 0.195 e. The summed E-state index contributed by atoms with van der Waals surface area (Å²) in [6, 6.07) is 12.4. The van der Waals surface area contributed by atoms with E-state index in [-0.39, 0.29) is 18.0 Å². The number of benzene rings is 2. The molecule has 6 heteroatoms. The Morgan fingerprint density at radius 2 is 1.84 bits per heavy atom. The Balaban J connectivity index is 1.38. The number of ketones is 1. The zero-order chi connectivity index (χ0) is 25.9. The van der Waals surface area contributed by atoms with Gasteiger partial charge in [-0.1, -0.05) is 26.3 Å². The van der Waals surface area contributed by atoms with Crippen LogP contribution in [-0.2, 0) is 5.41 Å². The van der Waals surface area contributed by atoms with Crippen LogP contribution in [0.15, 0.2) is 30.3 Å². The van der Waals surface area contributed by atoms with Gasteiger partial charge in [0.15, 0.2) is 17.3 Å². The summed E-state index contributed by atoms with van der Waals surface area (Å²) >= 11 is 0. The zero-order valence-corrected chi connectivity index (χ0v) is 22.2. The number of fused-ring (bicyclic) bond motifs is 4. The average Bonchev–Trinajstić information content (AvgIpc) is 3.23. The highest BCUT2D eigenvalue weighted by Crippen LogP contribution is 2.47. The molecule has 1 N–H and O–H groups in total. The number of carbonyl (C=O) groups is 1. The zero-order valence-electron chi connectivity index (χ0n) is 22.2. The first-order valence-corrected chi connectivity index (χ1v) is 13.6. The number of aromatic nitrogens is 1. The highest BCUT2D eigenvalue weighted by molar-refractivity contribution is 6.20. The third kappa shape index (κ3) is 4.01. The maximum absolute atomic E-state index is 13.9. The fourth-order valence-corrected chi connectivity index (χ4v) is 6.23. The highest BCUT2D eigenvalue weighted by atomic mass is 16.5. The van der Waals surface area contributed by atoms with E-state index >= 15 is 0 Å². The molecule has 2 aromatic carbocycles. The minimum absolute atomic E-state index is 0.0192. The molecule has 3 aliphatic rings. The van der Waals surface area contributed by atoms with Gasteiger partial charge in [0.05, 0.1) is 23.3 Å². The van der Waals surface area contributed by atoms with Gasteiger partial charge in [-0.3, -0.25) is 4.79 Å². The summed E-state index contributed by atoms with van der Waals surface area (Å²) in [6.45, 7) is 10.4. The van der Waals surface area contributed by atoms with E-state index in [1.165, 1.54) is 19.3 Å². The Morgan fingerprint density at radius 3 is 2.49 bits per heavy atom. The van der Waals surface area contributed by atoms with E-state index in [1.807, 2.05) is 38.1 Å². The summed E-state index contributed by atoms with van der Waals surface area (Å²) in [5.74, 6) is 1.34. The molecule has 2 heterocycles. The Hall–Kier alpha value is -3.30. The van der Waals surface area contributed by atoms with Crippen LogP contribution < -0.4 is 9.47 Å². The predicted octanol–water partition coefficient (Wildman–Crippen LogP) is 6.09. The van der Waals surface area contributed by atoms with Gasteiger partial charge in [0.2, 0.25) is 0 Å². The first-order chi connectivity index (χ1) is 17.8. The van der Waals surface area contributed by atoms with Crippen molar-refractivity contribution in [3.05, 3.63) is 58.3 Å². The minimum Gasteiger partial charge on any atom is -0.487 e. The molecule has 1 aromatic heterocycles. The van der Waals surface area contributed by atoms with Crippen LogP contribution >= 0.6 is 0 Å². The van der Waals surface area contributed by atoms with Gasteiger partial charge in [-0.25, -0.2) is 0 Å². The molecule has 0 spiro atoms. The third-order valence-electron chi connectivity index (χ3n) is 8.51. The summed E-state index contributed by atoms with van der Waals surface area (Å²) in [5.41, 5.74) is 4.09. The normalized spacial score (nSPS) is 19.8. The number of nitriles is 1. The molecule has 1 aliphatic heterocycles. The van der Waals surface area contributed by atoms with Crippen LogP contribution in [0, 0.1) is 11.3 Å². The standard InChI is InChI=1S/C31H35N3O3/c1-18(2)36-26-15-23-24(16-27(26)37-21-10-12-34(13-11-21)20-6-5-7-20)31(3,4)30-28(29(23)35)22-9-8-19(17-32)14-25(22)33-30/h8-9,14-16,18,20-21,33H,5-7,10-13H2,1-4H3. The Kier molecular flexibility index (Phi) is 5.80. The number of nitrogens with zero attached hydrogens (tertiary/aromatic N) is 2. The van der Waals surface area contributed by atoms with Gasteiger partial charge in [-0.05, 0) is 69.4 Å². The summed E-state index contributed by atoms with van der Waals surface area (Å²) < 4.78 is 12.8. The number of rotatable bonds is 5. The van der Waals surface area contributed by atoms with Crippen molar-refractivity contribution >= 4 is 16.7 Å². The molecular weight excluding hydrogens is 462 g/mol. The molecule has 3 aromatic rings. The molecule has 192 valence electrons. The molecule has 0 amide bonds. The van der Waals surface area contributed by atoms with Gasteiger partial charge in [0, 0.05) is 46.7 Å². The quantitative estimate of drug-likeness (QED) is 0.461. The smallest absolute Gasteiger partial charge is 0.195 e. The van der Waals surface area contributed by atoms with Gasteiger partial charge in [0.25, 0.3) is 0 Å². The number of piperidine rings is 1. The SMILES string of the molecule is CC(C)Oc1cc2c(cc1OC1CCN(C3CCC3)CC1)C(C)(C)c1[nH]c3cc(C#N)ccc3c1C2=O. The molecule has 6 rings (SSSR count). The van der Waals surface area contributed by atoms with Crippen molar-refractivity contribution in [1.82, 2.24) is 9.88 Å². The molecule has 0 atom stereocenters. The number of likely N-dealkylation sites (tertiary alicyclic amines) is 1. The van der Waals surface area contributed by atoms with Gasteiger partial charge in [0.1, 0.15) is 6.10 Å². The first kappa shape index (κ1) is 24.1. The molecule has 1 saturated carbocycles. The molecule has 2 aliphatic carbocycles. The molecule has 37 heavy (non-hydrogen) atoms. The number of hydrogen-bond donors (Lipinski definition) is 1. The molecule has 6 nitrogen and oxygen atoms in total. The Morgan fingerprint density at radius 1 is 1.08 bits per heavy atom. The monoisotopic (exact) mass is 497 g/mol. The van der Waals surface area contributed by atoms with Crippen LogP contribution in [0.5, 0.6) is 11.5 Å². The van der Waals surface area contributed by atoms with Crippen LogP contribution in [0.2, 0.25) is 0 Å². The van der Waals surface area contributed by atoms with E-state index in [9.17, 15) is 10.1 Å². The van der Waals surface area contributed by atoms with Crippen LogP contribution in [0.1, 0.15) is 92.5 Å². The summed E-state index contributed by atoms with van der Waals surface area (Å²) in [7, 11) is 0. The van der Waals surface area contributed by atoms with Crippen molar-refractivity contribution in [3.63, 3.8) is 0 Å². The minimum atomic E-state index is -0.452. The Bertz CT molecular complexity index is 1420. The van der Waals surface area contributed by atoms with Crippen molar-refractivity contribution < 1.29 is 14.3 Å². The number of nitrogens with one attached hydrogen (secondary N) is 1. The highest BCUT2D eigenvalue weighted by Gasteiger charge is 2.41. The topological polar surface area (TPSA) is 78.3 Å². The fourth-order valence-electron chi connectivity index (χ4n) is 6.23. The second-order valence-electron chi connectivity index (χ2n) is 11.7. The largest absolute Gasteiger partial charge is 0.487 e. The molecular formula is C31H35N3O3. The van der Waals surface area contributed by atoms with Crippen molar-refractivity contribution in [2.75, 3.05) is 13.1 Å². The lowest BCUT2D eigenvalue weighted by atomic mass is 9.71. The van der Waals surface area contributed by atoms with Gasteiger partial charge >= 0.3 is 0 Å². The number of carbonyl (C=O) groups excluding carboxylic acids is 1. The van der Waals surface area contributed by atoms with Crippen LogP contribution in [0.3, 0.4) is 0 Å². The van der Waals surface area contributed by atoms with E-state index in [0.29, 0.717) is 22.4 Å². The van der Waals surface area contributed by atoms with E-state index in [2.05, 4.69) is 29.8 Å². The average molecular weight is 498 g/mol. The Labute approximate surface area is 218 Å². The second kappa shape index (κ2) is 8.92. The van der Waals surface area contributed by atoms with Gasteiger partial charge in [-0.2, -0.15) is 5.26 Å². The molecule has 0 radical (unpaired) electrons. The summed E-state index contributed by atoms with van der Waals surface area (Å²) in [5, 5.41) is 10.2. The van der Waals surface area contributed by atoms with Crippen LogP contribution in [0.4, 0.5) is 0 Å². The van der Waals surface area contributed by atoms with Gasteiger partial charge < -0.3 is 19.4 Å². The van der Waals surface area contributed by atoms with E-state index in [1.54, 1.807) is 6.07 Å². The van der Waals surface area contributed by atoms with E-state index < -0.39 is 5.41 Å². The maximum atomic E-state index is 13.9. The lowest BCUT2D eigenvalue weighted by Crippen LogP contribution is -2.46. The third-order valence-corrected chi connectivity index (χ3v) is 8.51. The predicted molar refractivity (Wildman–Crippen MR) is 144 cm³/mol. The first-order valence-electron chi connectivity index (χ1n) is 13.6. The number of ether oxygens (including phenoxy) is 2. The molecule has 0 unspecified atom stereocenters. The number of H-pyrrole nitrogens is 1. The van der Waals surface area contributed by atoms with Crippen molar-refractivity contribution in [1.29, 1.82) is 5.26 Å². The van der Waals surface area contributed by atoms with Crippen molar-refractivity contribution in [2.24, 2.45) is 0 Å². The van der Waals surface area contributed by atoms with Gasteiger partial charge in [-0.15, -0.1) is 0 Å². The lowest BCUT2D eigenvalue weighted by molar-refractivity contribution is 0.0473. The number of hydrogen-bond acceptors (Lipinski definition) is 5. The van der Waals surface area contributed by atoms with E-state index in [0.717, 1.165) is 59.9 Å². The van der Waals surface area contributed by atoms with Crippen LogP contribution in [0.25, 0.3) is 10.9 Å². The van der Waals surface area contributed by atoms with Crippen LogP contribution in [-0.4, -0.2) is 47.0 Å². The van der Waals surface area contributed by atoms with Crippen molar-refractivity contribution in [3.8, 4) is 17.6 Å². The molecule has 0 bridgehead atoms. The van der Waals surface area contributed by atoms with E-state index in [4.69, 9.17) is 9.47 Å². The lowest BCUT2D eigenvalue weighted by Gasteiger charge is -2.41.